The molecule has 15 atom stereocenters. The molecule has 0 aliphatic carbocycles. The molecule has 1 aromatic rings. The lowest BCUT2D eigenvalue weighted by atomic mass is 9.96. The van der Waals surface area contributed by atoms with E-state index in [1.54, 1.807) is 0 Å². The van der Waals surface area contributed by atoms with Gasteiger partial charge in [-0.3, -0.25) is 33.6 Å². The van der Waals surface area contributed by atoms with Crippen LogP contribution in [-0.2, 0) is 38.3 Å². The number of hydrogen-bond acceptors (Lipinski definition) is 16. The second-order valence-electron chi connectivity index (χ2n) is 20.3. The third kappa shape index (κ3) is 18.0. The van der Waals surface area contributed by atoms with Crippen molar-refractivity contribution in [3.05, 3.63) is 54.1 Å². The van der Waals surface area contributed by atoms with Crippen LogP contribution in [0.3, 0.4) is 0 Å². The monoisotopic (exact) mass is 1070 g/mol. The number of unbranched alkanes of at least 4 members (excludes halogenated alkanes) is 8. The predicted octanol–water partition coefficient (Wildman–Crippen LogP) is -0.676. The summed E-state index contributed by atoms with van der Waals surface area (Å²) in [5.74, 6) is -8.59. The number of carbonyl (C=O) groups is 7. The number of fused-ring (bicyclic) bond motifs is 2. The molecule has 3 aliphatic heterocycles. The minimum absolute atomic E-state index is 0.0273. The Morgan fingerprint density at radius 1 is 0.711 bits per heavy atom. The van der Waals surface area contributed by atoms with Crippen molar-refractivity contribution in [1.82, 2.24) is 36.4 Å². The molecule has 3 aliphatic rings. The standard InChI is InChI=1S/C53H83N7O16/c1-6-7-8-9-10-11-12-13-14-15-16-17-18-19-20-21-39(65)54-36-27-38(76-5)49(71)58-51(73)43-44(66)30(2)28-60(43)53(75)41(32(4)62)56-50(72)42(46(68)45(67)33-22-24-34(63)25-23-33)57-48(70)37-26-35(64)29-59(37)52(74)40(31(3)61)55-47(36)69/h10-11,13-14,22-25,30-32,35-38,40-46,49,61-64,66-68,71H,6-9,12,15-21,26-29H2,1-5H3,(H,54,65)(H,55,69)(H,56,72)(H,57,70)(H,58,73)/t30-,31-,32-,35-,36-,37+,38+,40-,41+,42+,43+,44+,45+,46-,49-/m0/s1. The van der Waals surface area contributed by atoms with Crippen LogP contribution in [0.25, 0.3) is 0 Å². The Bertz CT molecular complexity index is 2130. The van der Waals surface area contributed by atoms with Crippen molar-refractivity contribution < 1.29 is 79.2 Å². The van der Waals surface area contributed by atoms with Gasteiger partial charge in [-0.1, -0.05) is 82.4 Å². The van der Waals surface area contributed by atoms with Gasteiger partial charge in [0.2, 0.25) is 41.4 Å². The van der Waals surface area contributed by atoms with Gasteiger partial charge >= 0.3 is 0 Å². The summed E-state index contributed by atoms with van der Waals surface area (Å²) in [6.45, 7) is 5.11. The van der Waals surface area contributed by atoms with E-state index in [0.717, 1.165) is 69.3 Å². The van der Waals surface area contributed by atoms with Crippen molar-refractivity contribution in [3.63, 3.8) is 0 Å². The lowest BCUT2D eigenvalue weighted by Gasteiger charge is -2.34. The number of phenolic OH excluding ortho intramolecular Hbond substituents is 1. The van der Waals surface area contributed by atoms with E-state index in [2.05, 4.69) is 57.8 Å². The first-order valence-electron chi connectivity index (χ1n) is 26.6. The predicted molar refractivity (Wildman–Crippen MR) is 276 cm³/mol. The number of phenols is 1. The number of rotatable bonds is 21. The Morgan fingerprint density at radius 3 is 1.88 bits per heavy atom. The Morgan fingerprint density at radius 2 is 1.28 bits per heavy atom. The van der Waals surface area contributed by atoms with Gasteiger partial charge in [0, 0.05) is 45.4 Å². The molecule has 0 bridgehead atoms. The van der Waals surface area contributed by atoms with E-state index in [4.69, 9.17) is 4.74 Å². The van der Waals surface area contributed by atoms with Crippen molar-refractivity contribution in [2.45, 2.75) is 203 Å². The van der Waals surface area contributed by atoms with E-state index >= 15 is 0 Å². The molecule has 3 saturated heterocycles. The number of nitrogens with one attached hydrogen (secondary N) is 5. The smallest absolute Gasteiger partial charge is 0.248 e. The van der Waals surface area contributed by atoms with Gasteiger partial charge < -0.3 is 82.0 Å². The minimum atomic E-state index is -2.26. The molecule has 0 radical (unpaired) electrons. The summed E-state index contributed by atoms with van der Waals surface area (Å²) in [7, 11) is 1.14. The third-order valence-electron chi connectivity index (χ3n) is 14.1. The van der Waals surface area contributed by atoms with Crippen molar-refractivity contribution in [1.29, 1.82) is 0 Å². The number of carbonyl (C=O) groups excluding carboxylic acids is 7. The van der Waals surface area contributed by atoms with Gasteiger partial charge in [0.15, 0.2) is 6.23 Å². The van der Waals surface area contributed by atoms with E-state index in [0.29, 0.717) is 12.8 Å². The molecule has 3 heterocycles. The maximum Gasteiger partial charge on any atom is 0.248 e. The molecule has 23 heteroatoms. The zero-order valence-corrected chi connectivity index (χ0v) is 44.3. The zero-order valence-electron chi connectivity index (χ0n) is 44.3. The van der Waals surface area contributed by atoms with Crippen molar-refractivity contribution >= 4 is 41.4 Å². The summed E-state index contributed by atoms with van der Waals surface area (Å²) in [5.41, 5.74) is -0.0516. The molecular weight excluding hydrogens is 991 g/mol. The molecule has 23 nitrogen and oxygen atoms in total. The van der Waals surface area contributed by atoms with Crippen LogP contribution in [0.2, 0.25) is 0 Å². The summed E-state index contributed by atoms with van der Waals surface area (Å²) in [5, 5.41) is 100. The highest BCUT2D eigenvalue weighted by Crippen LogP contribution is 2.28. The van der Waals surface area contributed by atoms with Crippen LogP contribution < -0.4 is 26.6 Å². The second kappa shape index (κ2) is 31.0. The number of methoxy groups -OCH3 is 1. The van der Waals surface area contributed by atoms with Crippen LogP contribution in [0, 0.1) is 5.92 Å². The first-order chi connectivity index (χ1) is 36.1. The average molecular weight is 1070 g/mol. The SMILES string of the molecule is CCCCCC=CCC=CCCCCCCCC(=O)N[C@H]1C[C@@H](OC)[C@H](O)NC(=O)[C@H]2[C@H](O)[C@@H](C)CN2C(=O)[C@@H]([C@H](C)O)NC(=O)[C@@H]([C@H](O)[C@H](O)c2ccc(O)cc2)NC(=O)[C@H]2C[C@H](O)CN2C(=O)[C@H]([C@H](C)O)NC1=O. The molecule has 426 valence electrons. The third-order valence-corrected chi connectivity index (χ3v) is 14.1. The number of benzene rings is 1. The second-order valence-corrected chi connectivity index (χ2v) is 20.3. The van der Waals surface area contributed by atoms with Crippen LogP contribution in [0.15, 0.2) is 48.6 Å². The van der Waals surface area contributed by atoms with Crippen molar-refractivity contribution in [2.24, 2.45) is 5.92 Å². The molecule has 0 spiro atoms. The Hall–Kier alpha value is -5.53. The highest BCUT2D eigenvalue weighted by atomic mass is 16.5. The molecule has 76 heavy (non-hydrogen) atoms. The van der Waals surface area contributed by atoms with E-state index in [-0.39, 0.29) is 24.3 Å². The van der Waals surface area contributed by atoms with Crippen LogP contribution >= 0.6 is 0 Å². The van der Waals surface area contributed by atoms with Crippen molar-refractivity contribution in [3.8, 4) is 5.75 Å². The number of allylic oxidation sites excluding steroid dienone is 4. The van der Waals surface area contributed by atoms with Crippen LogP contribution in [0.1, 0.15) is 129 Å². The number of aliphatic hydroxyl groups is 7. The molecule has 0 saturated carbocycles. The van der Waals surface area contributed by atoms with Gasteiger partial charge in [0.05, 0.1) is 24.4 Å². The van der Waals surface area contributed by atoms with Gasteiger partial charge in [0.1, 0.15) is 60.3 Å². The summed E-state index contributed by atoms with van der Waals surface area (Å²) in [4.78, 5) is 101. The number of hydrogen-bond donors (Lipinski definition) is 13. The van der Waals surface area contributed by atoms with Crippen molar-refractivity contribution in [2.75, 3.05) is 20.2 Å². The normalized spacial score (nSPS) is 29.2. The molecule has 4 rings (SSSR count). The van der Waals surface area contributed by atoms with Crippen LogP contribution in [-0.4, -0.2) is 191 Å². The number of nitrogens with zero attached hydrogens (tertiary/aromatic N) is 2. The highest BCUT2D eigenvalue weighted by molar-refractivity contribution is 5.98. The summed E-state index contributed by atoms with van der Waals surface area (Å²) in [6, 6.07) is -6.29. The Kier molecular flexibility index (Phi) is 25.7. The lowest BCUT2D eigenvalue weighted by molar-refractivity contribution is -0.148. The Labute approximate surface area is 444 Å². The molecule has 7 amide bonds. The summed E-state index contributed by atoms with van der Waals surface area (Å²) >= 11 is 0. The molecule has 0 unspecified atom stereocenters. The number of aliphatic hydroxyl groups excluding tert-OH is 7. The fourth-order valence-corrected chi connectivity index (χ4v) is 9.60. The minimum Gasteiger partial charge on any atom is -0.508 e. The first kappa shape index (κ1) is 63.0. The van der Waals surface area contributed by atoms with Crippen LogP contribution in [0.4, 0.5) is 0 Å². The molecule has 3 fully saturated rings. The average Bonchev–Trinajstić information content (AvgIpc) is 3.92. The molecule has 13 N–H and O–H groups in total. The van der Waals surface area contributed by atoms with Gasteiger partial charge in [0.25, 0.3) is 0 Å². The molecule has 1 aromatic carbocycles. The fourth-order valence-electron chi connectivity index (χ4n) is 9.60. The highest BCUT2D eigenvalue weighted by Gasteiger charge is 2.50. The molecular formula is C53H83N7O16. The van der Waals surface area contributed by atoms with E-state index in [1.807, 2.05) is 0 Å². The zero-order chi connectivity index (χ0) is 56.2. The largest absolute Gasteiger partial charge is 0.508 e. The van der Waals surface area contributed by atoms with Gasteiger partial charge in [-0.2, -0.15) is 0 Å². The number of aromatic hydroxyl groups is 1. The maximum absolute atomic E-state index is 14.4. The van der Waals surface area contributed by atoms with Gasteiger partial charge in [-0.15, -0.1) is 0 Å². The van der Waals surface area contributed by atoms with E-state index in [9.17, 15) is 74.4 Å². The first-order valence-corrected chi connectivity index (χ1v) is 26.6. The van der Waals surface area contributed by atoms with E-state index in [1.165, 1.54) is 50.5 Å². The maximum atomic E-state index is 14.4. The molecule has 0 aromatic heterocycles. The van der Waals surface area contributed by atoms with E-state index < -0.39 is 152 Å². The Balaban J connectivity index is 1.64. The summed E-state index contributed by atoms with van der Waals surface area (Å²) in [6.07, 6.45) is 3.91. The summed E-state index contributed by atoms with van der Waals surface area (Å²) < 4.78 is 5.51. The van der Waals surface area contributed by atoms with Gasteiger partial charge in [-0.25, -0.2) is 0 Å². The van der Waals surface area contributed by atoms with Crippen LogP contribution in [0.5, 0.6) is 5.75 Å². The number of amides is 7. The fraction of sp³-hybridized carbons (Fsp3) is 0.679. The lowest BCUT2D eigenvalue weighted by Crippen LogP contribution is -2.64. The van der Waals surface area contributed by atoms with Gasteiger partial charge in [-0.05, 0) is 70.1 Å². The topological polar surface area (TPSA) is 357 Å². The number of ether oxygens (including phenoxy) is 1. The quantitative estimate of drug-likeness (QED) is 0.0536.